The summed E-state index contributed by atoms with van der Waals surface area (Å²) in [5, 5.41) is 3.36. The zero-order chi connectivity index (χ0) is 19.8. The van der Waals surface area contributed by atoms with E-state index in [1.165, 1.54) is 11.8 Å². The van der Waals surface area contributed by atoms with E-state index in [-0.39, 0.29) is 11.8 Å². The van der Waals surface area contributed by atoms with Crippen LogP contribution in [0.5, 0.6) is 5.75 Å². The van der Waals surface area contributed by atoms with Gasteiger partial charge in [0.1, 0.15) is 16.7 Å². The SMILES string of the molecule is O=C1NC(=S)SC1=Cc1ccc2c(c1)N(C(=O)c1cc(Cl)cc(Cl)c1)CCO2. The van der Waals surface area contributed by atoms with Crippen LogP contribution >= 0.6 is 47.2 Å². The predicted molar refractivity (Wildman–Crippen MR) is 116 cm³/mol. The van der Waals surface area contributed by atoms with Crippen LogP contribution in [0, 0.1) is 0 Å². The van der Waals surface area contributed by atoms with Crippen molar-refractivity contribution in [3.8, 4) is 5.75 Å². The number of amides is 2. The van der Waals surface area contributed by atoms with Crippen molar-refractivity contribution in [2.24, 2.45) is 0 Å². The van der Waals surface area contributed by atoms with E-state index < -0.39 is 0 Å². The third-order valence-electron chi connectivity index (χ3n) is 4.14. The summed E-state index contributed by atoms with van der Waals surface area (Å²) >= 11 is 18.3. The second-order valence-electron chi connectivity index (χ2n) is 6.04. The van der Waals surface area contributed by atoms with Gasteiger partial charge in [-0.25, -0.2) is 0 Å². The Kier molecular flexibility index (Phi) is 5.33. The molecule has 0 aliphatic carbocycles. The molecule has 1 saturated heterocycles. The van der Waals surface area contributed by atoms with Crippen LogP contribution in [0.2, 0.25) is 10.0 Å². The van der Waals surface area contributed by atoms with E-state index in [0.717, 1.165) is 5.56 Å². The first kappa shape index (κ1) is 19.3. The molecule has 2 aromatic carbocycles. The molecule has 0 spiro atoms. The molecule has 2 aliphatic rings. The van der Waals surface area contributed by atoms with Gasteiger partial charge in [-0.15, -0.1) is 0 Å². The maximum Gasteiger partial charge on any atom is 0.263 e. The molecule has 4 rings (SSSR count). The average molecular weight is 451 g/mol. The van der Waals surface area contributed by atoms with Gasteiger partial charge in [-0.3, -0.25) is 9.59 Å². The number of anilines is 1. The van der Waals surface area contributed by atoms with Gasteiger partial charge in [-0.05, 0) is 42.0 Å². The molecule has 0 aromatic heterocycles. The van der Waals surface area contributed by atoms with Gasteiger partial charge in [-0.2, -0.15) is 0 Å². The van der Waals surface area contributed by atoms with Gasteiger partial charge >= 0.3 is 0 Å². The van der Waals surface area contributed by atoms with Gasteiger partial charge in [0, 0.05) is 15.6 Å². The van der Waals surface area contributed by atoms with Gasteiger partial charge in [0.15, 0.2) is 0 Å². The molecule has 0 atom stereocenters. The Morgan fingerprint density at radius 2 is 1.96 bits per heavy atom. The lowest BCUT2D eigenvalue weighted by Crippen LogP contribution is -2.38. The van der Waals surface area contributed by atoms with Crippen molar-refractivity contribution in [1.29, 1.82) is 0 Å². The number of thiocarbonyl (C=S) groups is 1. The number of nitrogens with one attached hydrogen (secondary N) is 1. The number of benzene rings is 2. The van der Waals surface area contributed by atoms with Gasteiger partial charge in [0.05, 0.1) is 17.1 Å². The monoisotopic (exact) mass is 450 g/mol. The molecule has 1 N–H and O–H groups in total. The lowest BCUT2D eigenvalue weighted by Gasteiger charge is -2.30. The molecule has 2 amide bonds. The number of nitrogens with zero attached hydrogens (tertiary/aromatic N) is 1. The number of carbonyl (C=O) groups excluding carboxylic acids is 2. The second-order valence-corrected chi connectivity index (χ2v) is 8.63. The molecule has 2 aliphatic heterocycles. The molecule has 0 unspecified atom stereocenters. The van der Waals surface area contributed by atoms with Gasteiger partial charge in [0.25, 0.3) is 11.8 Å². The highest BCUT2D eigenvalue weighted by atomic mass is 35.5. The Balaban J connectivity index is 1.70. The highest BCUT2D eigenvalue weighted by molar-refractivity contribution is 8.26. The van der Waals surface area contributed by atoms with Crippen LogP contribution < -0.4 is 15.0 Å². The molecule has 2 heterocycles. The summed E-state index contributed by atoms with van der Waals surface area (Å²) in [7, 11) is 0. The standard InChI is InChI=1S/C19H12Cl2N2O3S2/c20-12-7-11(8-13(21)9-12)18(25)23-3-4-26-15-2-1-10(5-14(15)23)6-16-17(24)22-19(27)28-16/h1-2,5-9H,3-4H2,(H,22,24,27). The van der Waals surface area contributed by atoms with E-state index in [4.69, 9.17) is 40.2 Å². The number of carbonyl (C=O) groups is 2. The molecule has 28 heavy (non-hydrogen) atoms. The number of hydrogen-bond donors (Lipinski definition) is 1. The molecule has 0 bridgehead atoms. The Morgan fingerprint density at radius 1 is 1.21 bits per heavy atom. The Morgan fingerprint density at radius 3 is 2.64 bits per heavy atom. The largest absolute Gasteiger partial charge is 0.490 e. The molecular weight excluding hydrogens is 439 g/mol. The third kappa shape index (κ3) is 3.89. The first-order chi connectivity index (χ1) is 13.4. The highest BCUT2D eigenvalue weighted by Gasteiger charge is 2.26. The van der Waals surface area contributed by atoms with Crippen LogP contribution in [0.1, 0.15) is 15.9 Å². The van der Waals surface area contributed by atoms with Crippen LogP contribution in [0.4, 0.5) is 5.69 Å². The third-order valence-corrected chi connectivity index (χ3v) is 5.74. The van der Waals surface area contributed by atoms with Crippen LogP contribution in [0.15, 0.2) is 41.3 Å². The maximum absolute atomic E-state index is 13.1. The topological polar surface area (TPSA) is 58.6 Å². The summed E-state index contributed by atoms with van der Waals surface area (Å²) in [6.07, 6.45) is 1.73. The van der Waals surface area contributed by atoms with Gasteiger partial charge in [-0.1, -0.05) is 53.2 Å². The minimum absolute atomic E-state index is 0.229. The number of hydrogen-bond acceptors (Lipinski definition) is 5. The number of rotatable bonds is 2. The summed E-state index contributed by atoms with van der Waals surface area (Å²) < 4.78 is 6.10. The average Bonchev–Trinajstić information content (AvgIpc) is 2.96. The first-order valence-electron chi connectivity index (χ1n) is 8.20. The number of ether oxygens (including phenoxy) is 1. The zero-order valence-electron chi connectivity index (χ0n) is 14.2. The summed E-state index contributed by atoms with van der Waals surface area (Å²) in [5.74, 6) is 0.132. The minimum atomic E-state index is -0.231. The minimum Gasteiger partial charge on any atom is -0.490 e. The summed E-state index contributed by atoms with van der Waals surface area (Å²) in [6.45, 7) is 0.759. The smallest absolute Gasteiger partial charge is 0.263 e. The van der Waals surface area contributed by atoms with Crippen molar-refractivity contribution in [2.75, 3.05) is 18.1 Å². The number of halogens is 2. The van der Waals surface area contributed by atoms with Gasteiger partial charge < -0.3 is 15.0 Å². The van der Waals surface area contributed by atoms with Crippen LogP contribution in [-0.4, -0.2) is 29.3 Å². The molecule has 9 heteroatoms. The van der Waals surface area contributed by atoms with E-state index in [1.54, 1.807) is 41.3 Å². The lowest BCUT2D eigenvalue weighted by atomic mass is 10.1. The normalized spacial score (nSPS) is 17.4. The lowest BCUT2D eigenvalue weighted by molar-refractivity contribution is -0.115. The molecule has 142 valence electrons. The van der Waals surface area contributed by atoms with E-state index in [9.17, 15) is 9.59 Å². The maximum atomic E-state index is 13.1. The summed E-state index contributed by atoms with van der Waals surface area (Å²) in [5.41, 5.74) is 1.77. The predicted octanol–water partition coefficient (Wildman–Crippen LogP) is 4.52. The first-order valence-corrected chi connectivity index (χ1v) is 10.2. The fourth-order valence-corrected chi connectivity index (χ4v) is 4.51. The molecule has 2 aromatic rings. The molecular formula is C19H12Cl2N2O3S2. The zero-order valence-corrected chi connectivity index (χ0v) is 17.3. The number of thioether (sulfide) groups is 1. The summed E-state index contributed by atoms with van der Waals surface area (Å²) in [4.78, 5) is 27.1. The quantitative estimate of drug-likeness (QED) is 0.538. The van der Waals surface area contributed by atoms with Gasteiger partial charge in [0.2, 0.25) is 0 Å². The Labute approximate surface area is 180 Å². The summed E-state index contributed by atoms with van der Waals surface area (Å²) in [6, 6.07) is 10.1. The number of fused-ring (bicyclic) bond motifs is 1. The van der Waals surface area contributed by atoms with Crippen LogP contribution in [0.3, 0.4) is 0 Å². The van der Waals surface area contributed by atoms with Crippen LogP contribution in [0.25, 0.3) is 6.08 Å². The highest BCUT2D eigenvalue weighted by Crippen LogP contribution is 2.35. The van der Waals surface area contributed by atoms with Crippen molar-refractivity contribution >= 4 is 75.1 Å². The van der Waals surface area contributed by atoms with E-state index in [1.807, 2.05) is 6.07 Å². The molecule has 1 fully saturated rings. The fraction of sp³-hybridized carbons (Fsp3) is 0.105. The van der Waals surface area contributed by atoms with Crippen LogP contribution in [-0.2, 0) is 4.79 Å². The Bertz CT molecular complexity index is 1040. The fourth-order valence-electron chi connectivity index (χ4n) is 2.94. The molecule has 0 saturated carbocycles. The second kappa shape index (κ2) is 7.75. The Hall–Kier alpha value is -2.06. The van der Waals surface area contributed by atoms with Crippen molar-refractivity contribution in [3.05, 3.63) is 62.5 Å². The van der Waals surface area contributed by atoms with E-state index >= 15 is 0 Å². The molecule has 0 radical (unpaired) electrons. The van der Waals surface area contributed by atoms with Crippen molar-refractivity contribution < 1.29 is 14.3 Å². The molecule has 5 nitrogen and oxygen atoms in total. The van der Waals surface area contributed by atoms with Crippen molar-refractivity contribution in [3.63, 3.8) is 0 Å². The van der Waals surface area contributed by atoms with E-state index in [0.29, 0.717) is 49.4 Å². The van der Waals surface area contributed by atoms with Crippen molar-refractivity contribution in [1.82, 2.24) is 5.32 Å². The van der Waals surface area contributed by atoms with Crippen molar-refractivity contribution in [2.45, 2.75) is 0 Å². The van der Waals surface area contributed by atoms with E-state index in [2.05, 4.69) is 5.32 Å².